The van der Waals surface area contributed by atoms with Crippen LogP contribution in [0.25, 0.3) is 0 Å². The zero-order valence-electron chi connectivity index (χ0n) is 8.30. The summed E-state index contributed by atoms with van der Waals surface area (Å²) in [5.74, 6) is -3.26. The Morgan fingerprint density at radius 2 is 2.21 bits per heavy atom. The van der Waals surface area contributed by atoms with Gasteiger partial charge in [0.25, 0.3) is 5.92 Å². The minimum Gasteiger partial charge on any atom is -0.382 e. The monoisotopic (exact) mass is 209 g/mol. The highest BCUT2D eigenvalue weighted by atomic mass is 19.3. The van der Waals surface area contributed by atoms with Gasteiger partial charge >= 0.3 is 0 Å². The Balaban J connectivity index is 2.79. The van der Waals surface area contributed by atoms with Crippen molar-refractivity contribution in [2.75, 3.05) is 13.7 Å². The van der Waals surface area contributed by atoms with Crippen molar-refractivity contribution >= 4 is 0 Å². The van der Waals surface area contributed by atoms with Gasteiger partial charge in [0.1, 0.15) is 12.2 Å². The van der Waals surface area contributed by atoms with Crippen LogP contribution in [0, 0.1) is 0 Å². The Labute approximate surface area is 82.2 Å². The highest BCUT2D eigenvalue weighted by Crippen LogP contribution is 2.39. The summed E-state index contributed by atoms with van der Waals surface area (Å²) in [5.41, 5.74) is 3.45. The molecule has 0 saturated heterocycles. The van der Waals surface area contributed by atoms with Gasteiger partial charge in [0.05, 0.1) is 0 Å². The molecule has 0 spiro atoms. The number of hydrogen-bond donors (Lipinski definition) is 2. The summed E-state index contributed by atoms with van der Waals surface area (Å²) in [6.07, 6.45) is 1.87. The lowest BCUT2D eigenvalue weighted by molar-refractivity contribution is -0.223. The number of halogens is 2. The maximum absolute atomic E-state index is 13.5. The van der Waals surface area contributed by atoms with Crippen LogP contribution in [-0.2, 0) is 4.74 Å². The molecule has 84 valence electrons. The SMILES string of the molecule is COCC(F)(F)C1(O)CCCCC1N. The molecule has 2 unspecified atom stereocenters. The fraction of sp³-hybridized carbons (Fsp3) is 1.00. The van der Waals surface area contributed by atoms with Gasteiger partial charge in [-0.25, -0.2) is 8.78 Å². The summed E-state index contributed by atoms with van der Waals surface area (Å²) >= 11 is 0. The van der Waals surface area contributed by atoms with E-state index in [4.69, 9.17) is 5.73 Å². The van der Waals surface area contributed by atoms with Crippen molar-refractivity contribution in [3.05, 3.63) is 0 Å². The molecule has 3 nitrogen and oxygen atoms in total. The lowest BCUT2D eigenvalue weighted by Gasteiger charge is -2.42. The molecule has 0 amide bonds. The van der Waals surface area contributed by atoms with Gasteiger partial charge < -0.3 is 15.6 Å². The molecule has 0 heterocycles. The van der Waals surface area contributed by atoms with Crippen molar-refractivity contribution in [2.45, 2.75) is 43.2 Å². The van der Waals surface area contributed by atoms with Crippen LogP contribution in [0.4, 0.5) is 8.78 Å². The second-order valence-electron chi connectivity index (χ2n) is 3.91. The first-order chi connectivity index (χ1) is 6.44. The first-order valence-corrected chi connectivity index (χ1v) is 4.79. The summed E-state index contributed by atoms with van der Waals surface area (Å²) in [5, 5.41) is 9.84. The van der Waals surface area contributed by atoms with Gasteiger partial charge in [-0.15, -0.1) is 0 Å². The Kier molecular flexibility index (Phi) is 3.44. The highest BCUT2D eigenvalue weighted by molar-refractivity contribution is 5.02. The number of alkyl halides is 2. The molecule has 1 aliphatic carbocycles. The van der Waals surface area contributed by atoms with Crippen LogP contribution >= 0.6 is 0 Å². The molecule has 1 rings (SSSR count). The van der Waals surface area contributed by atoms with E-state index >= 15 is 0 Å². The Morgan fingerprint density at radius 3 is 2.71 bits per heavy atom. The predicted molar refractivity (Wildman–Crippen MR) is 48.2 cm³/mol. The molecule has 1 aliphatic rings. The molecule has 2 atom stereocenters. The second kappa shape index (κ2) is 4.08. The molecule has 0 aromatic carbocycles. The number of ether oxygens (including phenoxy) is 1. The van der Waals surface area contributed by atoms with E-state index in [1.807, 2.05) is 0 Å². The normalized spacial score (nSPS) is 34.5. The molecule has 0 aromatic rings. The van der Waals surface area contributed by atoms with E-state index in [2.05, 4.69) is 4.74 Å². The van der Waals surface area contributed by atoms with Gasteiger partial charge in [0, 0.05) is 13.2 Å². The predicted octanol–water partition coefficient (Wildman–Crippen LogP) is 0.901. The van der Waals surface area contributed by atoms with Gasteiger partial charge in [-0.2, -0.15) is 0 Å². The molecule has 14 heavy (non-hydrogen) atoms. The van der Waals surface area contributed by atoms with Crippen molar-refractivity contribution < 1.29 is 18.6 Å². The van der Waals surface area contributed by atoms with Crippen molar-refractivity contribution in [1.29, 1.82) is 0 Å². The van der Waals surface area contributed by atoms with E-state index in [9.17, 15) is 13.9 Å². The summed E-state index contributed by atoms with van der Waals surface area (Å²) in [6.45, 7) is -0.781. The fourth-order valence-electron chi connectivity index (χ4n) is 1.94. The van der Waals surface area contributed by atoms with Crippen LogP contribution in [-0.4, -0.2) is 36.4 Å². The van der Waals surface area contributed by atoms with E-state index in [0.29, 0.717) is 12.8 Å². The summed E-state index contributed by atoms with van der Waals surface area (Å²) in [7, 11) is 1.19. The molecule has 5 heteroatoms. The molecular weight excluding hydrogens is 192 g/mol. The van der Waals surface area contributed by atoms with Crippen LogP contribution in [0.3, 0.4) is 0 Å². The Bertz CT molecular complexity index is 201. The lowest BCUT2D eigenvalue weighted by atomic mass is 9.76. The molecule has 3 N–H and O–H groups in total. The van der Waals surface area contributed by atoms with Crippen LogP contribution in [0.15, 0.2) is 0 Å². The van der Waals surface area contributed by atoms with Gasteiger partial charge in [0.15, 0.2) is 0 Å². The molecule has 0 aromatic heterocycles. The van der Waals surface area contributed by atoms with Gasteiger partial charge in [-0.3, -0.25) is 0 Å². The number of nitrogens with two attached hydrogens (primary N) is 1. The Morgan fingerprint density at radius 1 is 1.57 bits per heavy atom. The van der Waals surface area contributed by atoms with Crippen molar-refractivity contribution in [1.82, 2.24) is 0 Å². The minimum absolute atomic E-state index is 0.0462. The van der Waals surface area contributed by atoms with E-state index in [1.165, 1.54) is 7.11 Å². The first-order valence-electron chi connectivity index (χ1n) is 4.79. The van der Waals surface area contributed by atoms with E-state index < -0.39 is 24.2 Å². The molecule has 0 radical (unpaired) electrons. The fourth-order valence-corrected chi connectivity index (χ4v) is 1.94. The third-order valence-electron chi connectivity index (χ3n) is 2.90. The zero-order valence-corrected chi connectivity index (χ0v) is 8.30. The number of aliphatic hydroxyl groups is 1. The largest absolute Gasteiger partial charge is 0.382 e. The number of methoxy groups -OCH3 is 1. The van der Waals surface area contributed by atoms with Crippen LogP contribution in [0.5, 0.6) is 0 Å². The van der Waals surface area contributed by atoms with Crippen LogP contribution in [0.1, 0.15) is 25.7 Å². The molecular formula is C9H17F2NO2. The molecule has 0 bridgehead atoms. The minimum atomic E-state index is -3.26. The highest BCUT2D eigenvalue weighted by Gasteiger charge is 2.56. The molecule has 1 fully saturated rings. The third-order valence-corrected chi connectivity index (χ3v) is 2.90. The quantitative estimate of drug-likeness (QED) is 0.726. The standard InChI is InChI=1S/C9H17F2NO2/c1-14-6-9(10,11)8(13)5-3-2-4-7(8)12/h7,13H,2-6,12H2,1H3. The summed E-state index contributed by atoms with van der Waals surface area (Å²) < 4.78 is 31.4. The Hall–Kier alpha value is -0.260. The van der Waals surface area contributed by atoms with Gasteiger partial charge in [0.2, 0.25) is 0 Å². The van der Waals surface area contributed by atoms with Crippen molar-refractivity contribution in [3.8, 4) is 0 Å². The maximum Gasteiger partial charge on any atom is 0.300 e. The maximum atomic E-state index is 13.5. The van der Waals surface area contributed by atoms with Gasteiger partial charge in [-0.05, 0) is 12.8 Å². The molecule has 1 saturated carbocycles. The topological polar surface area (TPSA) is 55.5 Å². The average Bonchev–Trinajstić information content (AvgIpc) is 2.10. The van der Waals surface area contributed by atoms with Crippen LogP contribution < -0.4 is 5.73 Å². The van der Waals surface area contributed by atoms with Crippen molar-refractivity contribution in [3.63, 3.8) is 0 Å². The molecule has 0 aliphatic heterocycles. The summed E-state index contributed by atoms with van der Waals surface area (Å²) in [4.78, 5) is 0. The van der Waals surface area contributed by atoms with Crippen molar-refractivity contribution in [2.24, 2.45) is 5.73 Å². The van der Waals surface area contributed by atoms with E-state index in [0.717, 1.165) is 6.42 Å². The lowest BCUT2D eigenvalue weighted by Crippen LogP contribution is -2.62. The smallest absolute Gasteiger partial charge is 0.300 e. The number of hydrogen-bond acceptors (Lipinski definition) is 3. The zero-order chi connectivity index (χ0) is 10.8. The van der Waals surface area contributed by atoms with Gasteiger partial charge in [-0.1, -0.05) is 12.8 Å². The van der Waals surface area contributed by atoms with E-state index in [1.54, 1.807) is 0 Å². The van der Waals surface area contributed by atoms with Crippen LogP contribution in [0.2, 0.25) is 0 Å². The average molecular weight is 209 g/mol. The first kappa shape index (κ1) is 11.8. The summed E-state index contributed by atoms with van der Waals surface area (Å²) in [6, 6.07) is -0.860. The number of rotatable bonds is 3. The third kappa shape index (κ3) is 1.89. The second-order valence-corrected chi connectivity index (χ2v) is 3.91. The van der Waals surface area contributed by atoms with E-state index in [-0.39, 0.29) is 6.42 Å².